The molecule has 2 fully saturated rings. The first kappa shape index (κ1) is 10.5. The van der Waals surface area contributed by atoms with E-state index in [1.54, 1.807) is 11.9 Å². The van der Waals surface area contributed by atoms with Crippen molar-refractivity contribution in [3.05, 3.63) is 0 Å². The van der Waals surface area contributed by atoms with Crippen LogP contribution >= 0.6 is 0 Å². The summed E-state index contributed by atoms with van der Waals surface area (Å²) in [7, 11) is 1.74. The van der Waals surface area contributed by atoms with Crippen LogP contribution in [0, 0.1) is 5.41 Å². The van der Waals surface area contributed by atoms with E-state index in [9.17, 15) is 4.79 Å². The quantitative estimate of drug-likeness (QED) is 0.564. The van der Waals surface area contributed by atoms with Gasteiger partial charge in [-0.25, -0.2) is 0 Å². The highest BCUT2D eigenvalue weighted by molar-refractivity contribution is 5.82. The molecular weight excluding hydrogens is 164 g/mol. The van der Waals surface area contributed by atoms with Crippen LogP contribution in [0.5, 0.6) is 0 Å². The van der Waals surface area contributed by atoms with Gasteiger partial charge in [0.2, 0.25) is 5.91 Å². The van der Waals surface area contributed by atoms with Crippen LogP contribution in [0.15, 0.2) is 0 Å². The molecule has 0 aromatic rings. The Morgan fingerprint density at radius 2 is 1.85 bits per heavy atom. The highest BCUT2D eigenvalue weighted by Gasteiger charge is 2.52. The topological polar surface area (TPSA) is 33.5 Å². The summed E-state index contributed by atoms with van der Waals surface area (Å²) in [6.07, 6.45) is 2.20. The average molecular weight is 185 g/mol. The minimum atomic E-state index is 0.0318. The van der Waals surface area contributed by atoms with E-state index < -0.39 is 0 Å². The summed E-state index contributed by atoms with van der Waals surface area (Å²) in [6, 6.07) is 0. The Balaban J connectivity index is 0.000000396. The maximum atomic E-state index is 11.5. The molecule has 0 aliphatic carbocycles. The number of hydrogen-bond donors (Lipinski definition) is 2. The van der Waals surface area contributed by atoms with Crippen molar-refractivity contribution in [1.29, 1.82) is 0 Å². The molecule has 2 bridgehead atoms. The van der Waals surface area contributed by atoms with Crippen molar-refractivity contribution in [2.24, 2.45) is 5.41 Å². The highest BCUT2D eigenvalue weighted by atomic mass is 16.2. The van der Waals surface area contributed by atoms with E-state index in [0.29, 0.717) is 0 Å². The Bertz CT molecular complexity index is 183. The van der Waals surface area contributed by atoms with Gasteiger partial charge in [-0.15, -0.1) is 0 Å². The van der Waals surface area contributed by atoms with E-state index in [-0.39, 0.29) is 11.3 Å². The molecule has 0 aromatic heterocycles. The number of hydrogen-bond acceptors (Lipinski definition) is 1. The van der Waals surface area contributed by atoms with Crippen molar-refractivity contribution in [3.8, 4) is 0 Å². The van der Waals surface area contributed by atoms with Crippen LogP contribution < -0.4 is 10.2 Å². The normalized spacial score (nSPS) is 35.2. The zero-order valence-corrected chi connectivity index (χ0v) is 8.94. The fourth-order valence-corrected chi connectivity index (χ4v) is 2.49. The second-order valence-corrected chi connectivity index (χ2v) is 3.79. The molecule has 2 heterocycles. The van der Waals surface area contributed by atoms with E-state index in [0.717, 1.165) is 19.4 Å². The second-order valence-electron chi connectivity index (χ2n) is 3.79. The Morgan fingerprint density at radius 3 is 2.15 bits per heavy atom. The number of rotatable bonds is 1. The molecule has 2 aliphatic heterocycles. The van der Waals surface area contributed by atoms with Gasteiger partial charge >= 0.3 is 0 Å². The van der Waals surface area contributed by atoms with Crippen molar-refractivity contribution < 1.29 is 9.69 Å². The highest BCUT2D eigenvalue weighted by Crippen LogP contribution is 2.30. The van der Waals surface area contributed by atoms with Gasteiger partial charge in [0.05, 0.1) is 19.6 Å². The Hall–Kier alpha value is -0.570. The van der Waals surface area contributed by atoms with E-state index in [2.05, 4.69) is 5.32 Å². The van der Waals surface area contributed by atoms with E-state index in [4.69, 9.17) is 0 Å². The zero-order valence-electron chi connectivity index (χ0n) is 8.94. The third-order valence-electron chi connectivity index (χ3n) is 3.21. The predicted octanol–water partition coefficient (Wildman–Crippen LogP) is -0.563. The van der Waals surface area contributed by atoms with E-state index in [1.165, 1.54) is 13.1 Å². The summed E-state index contributed by atoms with van der Waals surface area (Å²) in [6.45, 7) is 7.48. The smallest absolute Gasteiger partial charge is 0.232 e. The Morgan fingerprint density at radius 1 is 1.31 bits per heavy atom. The first-order chi connectivity index (χ1) is 6.27. The maximum Gasteiger partial charge on any atom is 0.232 e. The lowest BCUT2D eigenvalue weighted by Crippen LogP contribution is -3.08. The third kappa shape index (κ3) is 1.70. The van der Waals surface area contributed by atoms with Crippen LogP contribution in [0.1, 0.15) is 26.7 Å². The van der Waals surface area contributed by atoms with Gasteiger partial charge in [0.1, 0.15) is 5.41 Å². The summed E-state index contributed by atoms with van der Waals surface area (Å²) in [5.74, 6) is 0.269. The Kier molecular flexibility index (Phi) is 3.31. The molecule has 0 spiro atoms. The molecule has 1 amide bonds. The van der Waals surface area contributed by atoms with Gasteiger partial charge in [0.25, 0.3) is 0 Å². The summed E-state index contributed by atoms with van der Waals surface area (Å²) in [5, 5.41) is 2.77. The number of quaternary nitrogens is 1. The zero-order chi connectivity index (χ0) is 9.90. The molecule has 3 nitrogen and oxygen atoms in total. The molecule has 2 rings (SSSR count). The van der Waals surface area contributed by atoms with Crippen molar-refractivity contribution in [2.45, 2.75) is 26.7 Å². The molecule has 2 saturated heterocycles. The lowest BCUT2D eigenvalue weighted by molar-refractivity contribution is -0.879. The van der Waals surface area contributed by atoms with Crippen molar-refractivity contribution in [3.63, 3.8) is 0 Å². The SMILES string of the molecule is CC.CNC(=O)C12CC[NH+](CC1)C2. The standard InChI is InChI=1S/C8H14N2O.C2H6/c1-9-7(11)8-2-4-10(6-8)5-3-8;1-2/h2-6H2,1H3,(H,9,11);1-2H3/p+1. The molecule has 0 aromatic carbocycles. The molecule has 13 heavy (non-hydrogen) atoms. The first-order valence-corrected chi connectivity index (χ1v) is 5.33. The largest absolute Gasteiger partial charge is 0.358 e. The minimum Gasteiger partial charge on any atom is -0.358 e. The maximum absolute atomic E-state index is 11.5. The fraction of sp³-hybridized carbons (Fsp3) is 0.900. The fourth-order valence-electron chi connectivity index (χ4n) is 2.49. The van der Waals surface area contributed by atoms with Gasteiger partial charge in [-0.2, -0.15) is 0 Å². The molecular formula is C10H21N2O+. The lowest BCUT2D eigenvalue weighted by Gasteiger charge is -2.18. The van der Waals surface area contributed by atoms with Gasteiger partial charge in [-0.05, 0) is 0 Å². The van der Waals surface area contributed by atoms with Crippen LogP contribution in [0.4, 0.5) is 0 Å². The molecule has 76 valence electrons. The minimum absolute atomic E-state index is 0.0318. The number of amides is 1. The van der Waals surface area contributed by atoms with Crippen molar-refractivity contribution in [1.82, 2.24) is 5.32 Å². The van der Waals surface area contributed by atoms with E-state index >= 15 is 0 Å². The molecule has 3 heteroatoms. The molecule has 0 atom stereocenters. The predicted molar refractivity (Wildman–Crippen MR) is 52.6 cm³/mol. The summed E-state index contributed by atoms with van der Waals surface area (Å²) in [5.41, 5.74) is 0.0318. The van der Waals surface area contributed by atoms with Gasteiger partial charge < -0.3 is 10.2 Å². The van der Waals surface area contributed by atoms with Gasteiger partial charge in [0, 0.05) is 19.9 Å². The molecule has 0 saturated carbocycles. The number of nitrogens with one attached hydrogen (secondary N) is 2. The van der Waals surface area contributed by atoms with Gasteiger partial charge in [-0.3, -0.25) is 4.79 Å². The molecule has 0 radical (unpaired) electrons. The third-order valence-corrected chi connectivity index (χ3v) is 3.21. The summed E-state index contributed by atoms with van der Waals surface area (Å²) in [4.78, 5) is 13.1. The average Bonchev–Trinajstić information content (AvgIpc) is 2.80. The summed E-state index contributed by atoms with van der Waals surface area (Å²) < 4.78 is 0. The number of carbonyl (C=O) groups excluding carboxylic acids is 1. The first-order valence-electron chi connectivity index (χ1n) is 5.33. The number of piperidine rings is 1. The van der Waals surface area contributed by atoms with E-state index in [1.807, 2.05) is 13.8 Å². The van der Waals surface area contributed by atoms with Crippen LogP contribution in [-0.2, 0) is 4.79 Å². The number of carbonyl (C=O) groups is 1. The Labute approximate surface area is 80.5 Å². The second kappa shape index (κ2) is 4.09. The monoisotopic (exact) mass is 185 g/mol. The van der Waals surface area contributed by atoms with Crippen molar-refractivity contribution in [2.75, 3.05) is 26.7 Å². The lowest BCUT2D eigenvalue weighted by atomic mass is 9.84. The van der Waals surface area contributed by atoms with Crippen molar-refractivity contribution >= 4 is 5.91 Å². The number of fused-ring (bicyclic) bond motifs is 2. The molecule has 0 unspecified atom stereocenters. The van der Waals surface area contributed by atoms with Crippen LogP contribution in [-0.4, -0.2) is 32.6 Å². The van der Waals surface area contributed by atoms with Crippen LogP contribution in [0.3, 0.4) is 0 Å². The van der Waals surface area contributed by atoms with Crippen LogP contribution in [0.2, 0.25) is 0 Å². The molecule has 2 N–H and O–H groups in total. The van der Waals surface area contributed by atoms with Gasteiger partial charge in [-0.1, -0.05) is 13.8 Å². The van der Waals surface area contributed by atoms with Gasteiger partial charge in [0.15, 0.2) is 0 Å². The van der Waals surface area contributed by atoms with Crippen LogP contribution in [0.25, 0.3) is 0 Å². The molecule has 2 aliphatic rings. The summed E-state index contributed by atoms with van der Waals surface area (Å²) >= 11 is 0.